The maximum atomic E-state index is 12.8. The number of Topliss-reactive ketones (excluding diaryl/α,β-unsaturated/α-hetero) is 1. The molecule has 0 bridgehead atoms. The number of ketones is 1. The maximum absolute atomic E-state index is 12.8. The van der Waals surface area contributed by atoms with Gasteiger partial charge in [0, 0.05) is 35.6 Å². The third-order valence-electron chi connectivity index (χ3n) is 5.15. The Morgan fingerprint density at radius 1 is 1.19 bits per heavy atom. The van der Waals surface area contributed by atoms with Crippen LogP contribution in [0.3, 0.4) is 0 Å². The molecule has 1 aliphatic carbocycles. The van der Waals surface area contributed by atoms with E-state index in [1.165, 1.54) is 0 Å². The van der Waals surface area contributed by atoms with E-state index >= 15 is 0 Å². The highest BCUT2D eigenvalue weighted by molar-refractivity contribution is 5.99. The lowest BCUT2D eigenvalue weighted by atomic mass is 9.85. The number of rotatable bonds is 2. The lowest BCUT2D eigenvalue weighted by molar-refractivity contribution is -0.116. The molecule has 3 aromatic rings. The molecule has 27 heavy (non-hydrogen) atoms. The molecule has 2 aromatic heterocycles. The van der Waals surface area contributed by atoms with Gasteiger partial charge in [-0.05, 0) is 37.5 Å². The molecule has 0 saturated carbocycles. The Labute approximate surface area is 157 Å². The molecule has 0 fully saturated rings. The van der Waals surface area contributed by atoms with Crippen molar-refractivity contribution in [2.45, 2.75) is 32.2 Å². The Hall–Kier alpha value is -3.28. The van der Waals surface area contributed by atoms with Gasteiger partial charge >= 0.3 is 0 Å². The number of benzene rings is 1. The van der Waals surface area contributed by atoms with Crippen LogP contribution in [0.4, 0.5) is 5.95 Å². The molecule has 0 saturated heterocycles. The van der Waals surface area contributed by atoms with Crippen LogP contribution in [0.5, 0.6) is 0 Å². The number of nitrogens with one attached hydrogen (secondary N) is 1. The predicted molar refractivity (Wildman–Crippen MR) is 102 cm³/mol. The van der Waals surface area contributed by atoms with E-state index in [1.54, 1.807) is 12.4 Å². The Morgan fingerprint density at radius 2 is 2.11 bits per heavy atom. The first-order valence-corrected chi connectivity index (χ1v) is 9.17. The van der Waals surface area contributed by atoms with Crippen molar-refractivity contribution < 1.29 is 4.79 Å². The van der Waals surface area contributed by atoms with E-state index in [9.17, 15) is 4.79 Å². The van der Waals surface area contributed by atoms with Crippen molar-refractivity contribution in [2.75, 3.05) is 5.32 Å². The van der Waals surface area contributed by atoms with Gasteiger partial charge in [-0.3, -0.25) is 9.78 Å². The maximum Gasteiger partial charge on any atom is 0.226 e. The minimum absolute atomic E-state index is 0.194. The number of pyridine rings is 1. The zero-order valence-corrected chi connectivity index (χ0v) is 15.0. The Morgan fingerprint density at radius 3 is 2.93 bits per heavy atom. The van der Waals surface area contributed by atoms with Crippen molar-refractivity contribution in [2.24, 2.45) is 0 Å². The molecule has 3 heterocycles. The topological polar surface area (TPSA) is 72.7 Å². The molecular weight excluding hydrogens is 338 g/mol. The second-order valence-electron chi connectivity index (χ2n) is 7.06. The minimum atomic E-state index is -0.248. The van der Waals surface area contributed by atoms with Crippen molar-refractivity contribution in [3.8, 4) is 11.4 Å². The average Bonchev–Trinajstić information content (AvgIpc) is 3.11. The van der Waals surface area contributed by atoms with Crippen LogP contribution in [0.25, 0.3) is 11.4 Å². The highest BCUT2D eigenvalue weighted by Gasteiger charge is 2.36. The Kier molecular flexibility index (Phi) is 3.63. The number of nitrogens with zero attached hydrogens (tertiary/aromatic N) is 4. The zero-order valence-electron chi connectivity index (χ0n) is 15.0. The molecule has 0 amide bonds. The lowest BCUT2D eigenvalue weighted by Gasteiger charge is -2.32. The standard InChI is InChI=1S/C21H19N5O/c1-13-5-2-6-14(11-13)19-18-16(8-3-9-17(18)27)23-21-24-20(25-26(19)21)15-7-4-10-22-12-15/h2,4-7,10-12,19H,3,8-9H2,1H3,(H,23,24,25). The first-order valence-electron chi connectivity index (χ1n) is 9.17. The van der Waals surface area contributed by atoms with Gasteiger partial charge in [-0.2, -0.15) is 4.98 Å². The van der Waals surface area contributed by atoms with E-state index in [0.717, 1.165) is 40.8 Å². The number of aryl methyl sites for hydroxylation is 1. The van der Waals surface area contributed by atoms with Crippen LogP contribution in [-0.2, 0) is 4.79 Å². The Balaban J connectivity index is 1.70. The number of allylic oxidation sites excluding steroid dienone is 2. The van der Waals surface area contributed by atoms with Gasteiger partial charge < -0.3 is 5.32 Å². The second kappa shape index (κ2) is 6.16. The van der Waals surface area contributed by atoms with Crippen molar-refractivity contribution in [3.05, 3.63) is 71.2 Å². The fraction of sp³-hybridized carbons (Fsp3) is 0.238. The second-order valence-corrected chi connectivity index (χ2v) is 7.06. The third kappa shape index (κ3) is 2.65. The highest BCUT2D eigenvalue weighted by Crippen LogP contribution is 2.40. The van der Waals surface area contributed by atoms with Crippen LogP contribution < -0.4 is 5.32 Å². The summed E-state index contributed by atoms with van der Waals surface area (Å²) >= 11 is 0. The molecule has 1 unspecified atom stereocenters. The van der Waals surface area contributed by atoms with Crippen LogP contribution in [0.2, 0.25) is 0 Å². The molecule has 134 valence electrons. The number of carbonyl (C=O) groups excluding carboxylic acids is 1. The summed E-state index contributed by atoms with van der Waals surface area (Å²) in [6.45, 7) is 2.06. The van der Waals surface area contributed by atoms with E-state index in [0.29, 0.717) is 18.2 Å². The van der Waals surface area contributed by atoms with E-state index in [-0.39, 0.29) is 11.8 Å². The molecule has 5 rings (SSSR count). The summed E-state index contributed by atoms with van der Waals surface area (Å²) in [6.07, 6.45) is 5.79. The minimum Gasteiger partial charge on any atom is -0.328 e. The van der Waals surface area contributed by atoms with E-state index in [2.05, 4.69) is 35.4 Å². The molecular formula is C21H19N5O. The van der Waals surface area contributed by atoms with Gasteiger partial charge in [-0.15, -0.1) is 5.10 Å². The van der Waals surface area contributed by atoms with Gasteiger partial charge in [0.1, 0.15) is 6.04 Å². The molecule has 6 heteroatoms. The normalized spacial score (nSPS) is 18.7. The monoisotopic (exact) mass is 357 g/mol. The van der Waals surface area contributed by atoms with E-state index < -0.39 is 0 Å². The summed E-state index contributed by atoms with van der Waals surface area (Å²) in [5, 5.41) is 8.11. The number of anilines is 1. The SMILES string of the molecule is Cc1cccc(C2C3=C(CCCC3=O)Nc3nc(-c4cccnc4)nn32)c1. The van der Waals surface area contributed by atoms with Crippen molar-refractivity contribution in [3.63, 3.8) is 0 Å². The van der Waals surface area contributed by atoms with E-state index in [4.69, 9.17) is 10.1 Å². The lowest BCUT2D eigenvalue weighted by Crippen LogP contribution is -2.31. The summed E-state index contributed by atoms with van der Waals surface area (Å²) in [7, 11) is 0. The summed E-state index contributed by atoms with van der Waals surface area (Å²) in [6, 6.07) is 11.8. The van der Waals surface area contributed by atoms with Gasteiger partial charge in [0.25, 0.3) is 0 Å². The van der Waals surface area contributed by atoms with Gasteiger partial charge in [0.2, 0.25) is 5.95 Å². The van der Waals surface area contributed by atoms with Crippen LogP contribution in [0.1, 0.15) is 36.4 Å². The fourth-order valence-corrected chi connectivity index (χ4v) is 3.92. The molecule has 6 nitrogen and oxygen atoms in total. The number of aromatic nitrogens is 4. The van der Waals surface area contributed by atoms with Crippen molar-refractivity contribution in [1.29, 1.82) is 0 Å². The molecule has 1 N–H and O–H groups in total. The predicted octanol–water partition coefficient (Wildman–Crippen LogP) is 3.67. The summed E-state index contributed by atoms with van der Waals surface area (Å²) in [5.41, 5.74) is 4.87. The highest BCUT2D eigenvalue weighted by atomic mass is 16.1. The average molecular weight is 357 g/mol. The Bertz CT molecular complexity index is 1070. The van der Waals surface area contributed by atoms with Crippen LogP contribution in [-0.4, -0.2) is 25.5 Å². The quantitative estimate of drug-likeness (QED) is 0.757. The van der Waals surface area contributed by atoms with Crippen LogP contribution >= 0.6 is 0 Å². The van der Waals surface area contributed by atoms with Crippen LogP contribution in [0, 0.1) is 6.92 Å². The number of fused-ring (bicyclic) bond motifs is 1. The first kappa shape index (κ1) is 15.9. The molecule has 0 radical (unpaired) electrons. The van der Waals surface area contributed by atoms with Gasteiger partial charge in [-0.25, -0.2) is 4.68 Å². The van der Waals surface area contributed by atoms with Gasteiger partial charge in [-0.1, -0.05) is 29.8 Å². The van der Waals surface area contributed by atoms with Gasteiger partial charge in [0.05, 0.1) is 0 Å². The summed E-state index contributed by atoms with van der Waals surface area (Å²) < 4.78 is 1.85. The molecule has 1 aliphatic heterocycles. The zero-order chi connectivity index (χ0) is 18.4. The smallest absolute Gasteiger partial charge is 0.226 e. The van der Waals surface area contributed by atoms with E-state index in [1.807, 2.05) is 22.9 Å². The van der Waals surface area contributed by atoms with Crippen LogP contribution in [0.15, 0.2) is 60.1 Å². The van der Waals surface area contributed by atoms with Gasteiger partial charge in [0.15, 0.2) is 11.6 Å². The summed E-state index contributed by atoms with van der Waals surface area (Å²) in [5.74, 6) is 1.48. The molecule has 0 spiro atoms. The van der Waals surface area contributed by atoms with Crippen molar-refractivity contribution in [1.82, 2.24) is 19.7 Å². The largest absolute Gasteiger partial charge is 0.328 e. The number of hydrogen-bond acceptors (Lipinski definition) is 5. The molecule has 1 aromatic carbocycles. The van der Waals surface area contributed by atoms with Crippen molar-refractivity contribution >= 4 is 11.7 Å². The summed E-state index contributed by atoms with van der Waals surface area (Å²) in [4.78, 5) is 21.7. The first-order chi connectivity index (χ1) is 13.2. The molecule has 1 atom stereocenters. The third-order valence-corrected chi connectivity index (χ3v) is 5.15. The molecule has 2 aliphatic rings. The number of hydrogen-bond donors (Lipinski definition) is 1. The fourth-order valence-electron chi connectivity index (χ4n) is 3.92. The number of carbonyl (C=O) groups is 1.